The molecular formula is C12H15BrN2O. The average Bonchev–Trinajstić information content (AvgIpc) is 2.25. The summed E-state index contributed by atoms with van der Waals surface area (Å²) in [7, 11) is 0. The van der Waals surface area contributed by atoms with Crippen molar-refractivity contribution in [3.8, 4) is 11.8 Å². The molecule has 0 spiro atoms. The van der Waals surface area contributed by atoms with Crippen molar-refractivity contribution >= 4 is 15.9 Å². The number of rotatable bonds is 5. The van der Waals surface area contributed by atoms with Crippen LogP contribution in [0.5, 0.6) is 5.75 Å². The van der Waals surface area contributed by atoms with Gasteiger partial charge in [0.25, 0.3) is 0 Å². The Bertz CT molecular complexity index is 385. The smallest absolute Gasteiger partial charge is 0.174 e. The van der Waals surface area contributed by atoms with Crippen LogP contribution in [0.25, 0.3) is 0 Å². The minimum Gasteiger partial charge on any atom is -0.478 e. The number of nitrogens with one attached hydrogen (secondary N) is 1. The first-order chi connectivity index (χ1) is 7.63. The molecule has 3 nitrogen and oxygen atoms in total. The van der Waals surface area contributed by atoms with E-state index in [9.17, 15) is 0 Å². The third-order valence-electron chi connectivity index (χ3n) is 2.02. The normalized spacial score (nSPS) is 10.2. The average molecular weight is 283 g/mol. The molecule has 1 aromatic rings. The van der Waals surface area contributed by atoms with Gasteiger partial charge in [-0.05, 0) is 18.2 Å². The summed E-state index contributed by atoms with van der Waals surface area (Å²) in [6.45, 7) is 5.00. The van der Waals surface area contributed by atoms with E-state index in [0.717, 1.165) is 22.3 Å². The summed E-state index contributed by atoms with van der Waals surface area (Å²) in [5.41, 5.74) is 1.05. The van der Waals surface area contributed by atoms with Crippen molar-refractivity contribution in [3.63, 3.8) is 0 Å². The Morgan fingerprint density at radius 1 is 1.50 bits per heavy atom. The number of nitrogens with zero attached hydrogens (tertiary/aromatic N) is 1. The standard InChI is InChI=1S/C12H15BrN2O/c1-9(2)15-8-10-7-11(13)3-4-12(10)16-6-5-14/h3-4,7,9,15H,6,8H2,1-2H3. The van der Waals surface area contributed by atoms with Gasteiger partial charge in [0, 0.05) is 22.6 Å². The van der Waals surface area contributed by atoms with E-state index in [-0.39, 0.29) is 6.61 Å². The van der Waals surface area contributed by atoms with Crippen LogP contribution in [0.15, 0.2) is 22.7 Å². The van der Waals surface area contributed by atoms with Crippen molar-refractivity contribution in [1.29, 1.82) is 5.26 Å². The van der Waals surface area contributed by atoms with Gasteiger partial charge in [-0.25, -0.2) is 0 Å². The summed E-state index contributed by atoms with van der Waals surface area (Å²) in [5.74, 6) is 0.762. The van der Waals surface area contributed by atoms with Gasteiger partial charge >= 0.3 is 0 Å². The van der Waals surface area contributed by atoms with Crippen LogP contribution in [0, 0.1) is 11.3 Å². The van der Waals surface area contributed by atoms with Crippen molar-refractivity contribution in [2.24, 2.45) is 0 Å². The van der Waals surface area contributed by atoms with Crippen LogP contribution in [0.1, 0.15) is 19.4 Å². The van der Waals surface area contributed by atoms with Crippen LogP contribution < -0.4 is 10.1 Å². The van der Waals surface area contributed by atoms with Crippen molar-refractivity contribution in [2.45, 2.75) is 26.4 Å². The maximum absolute atomic E-state index is 8.49. The number of hydrogen-bond donors (Lipinski definition) is 1. The molecule has 0 amide bonds. The topological polar surface area (TPSA) is 45.0 Å². The summed E-state index contributed by atoms with van der Waals surface area (Å²) < 4.78 is 6.36. The minimum absolute atomic E-state index is 0.0797. The van der Waals surface area contributed by atoms with E-state index in [1.54, 1.807) is 0 Å². The fourth-order valence-corrected chi connectivity index (χ4v) is 1.66. The highest BCUT2D eigenvalue weighted by Gasteiger charge is 2.05. The number of ether oxygens (including phenoxy) is 1. The highest BCUT2D eigenvalue weighted by Crippen LogP contribution is 2.23. The summed E-state index contributed by atoms with van der Waals surface area (Å²) >= 11 is 3.42. The lowest BCUT2D eigenvalue weighted by Gasteiger charge is -2.12. The summed E-state index contributed by atoms with van der Waals surface area (Å²) in [4.78, 5) is 0. The third-order valence-corrected chi connectivity index (χ3v) is 2.51. The Hall–Kier alpha value is -1.05. The lowest BCUT2D eigenvalue weighted by atomic mass is 10.2. The summed E-state index contributed by atoms with van der Waals surface area (Å²) in [6.07, 6.45) is 0. The van der Waals surface area contributed by atoms with E-state index >= 15 is 0 Å². The first-order valence-corrected chi connectivity index (χ1v) is 5.94. The molecule has 86 valence electrons. The summed E-state index contributed by atoms with van der Waals surface area (Å²) in [6, 6.07) is 8.17. The largest absolute Gasteiger partial charge is 0.478 e. The zero-order valence-electron chi connectivity index (χ0n) is 9.46. The van der Waals surface area contributed by atoms with Crippen LogP contribution in [-0.4, -0.2) is 12.6 Å². The highest BCUT2D eigenvalue weighted by molar-refractivity contribution is 9.10. The molecule has 0 fully saturated rings. The Morgan fingerprint density at radius 2 is 2.25 bits per heavy atom. The second-order valence-electron chi connectivity index (χ2n) is 3.73. The molecule has 0 atom stereocenters. The molecule has 0 aliphatic rings. The zero-order chi connectivity index (χ0) is 12.0. The van der Waals surface area contributed by atoms with Crippen LogP contribution in [0.4, 0.5) is 0 Å². The van der Waals surface area contributed by atoms with Crippen molar-refractivity contribution < 1.29 is 4.74 Å². The van der Waals surface area contributed by atoms with Gasteiger partial charge in [-0.3, -0.25) is 0 Å². The van der Waals surface area contributed by atoms with Crippen LogP contribution in [0.2, 0.25) is 0 Å². The lowest BCUT2D eigenvalue weighted by molar-refractivity contribution is 0.362. The van der Waals surface area contributed by atoms with Gasteiger partial charge in [0.2, 0.25) is 0 Å². The minimum atomic E-state index is 0.0797. The highest BCUT2D eigenvalue weighted by atomic mass is 79.9. The molecule has 0 saturated heterocycles. The maximum Gasteiger partial charge on any atom is 0.174 e. The predicted molar refractivity (Wildman–Crippen MR) is 67.2 cm³/mol. The molecular weight excluding hydrogens is 268 g/mol. The van der Waals surface area contributed by atoms with Crippen molar-refractivity contribution in [2.75, 3.05) is 6.61 Å². The molecule has 1 aromatic carbocycles. The maximum atomic E-state index is 8.49. The van der Waals surface area contributed by atoms with Gasteiger partial charge in [0.05, 0.1) is 0 Å². The first-order valence-electron chi connectivity index (χ1n) is 5.15. The first kappa shape index (κ1) is 13.0. The molecule has 0 saturated carbocycles. The Balaban J connectivity index is 2.77. The predicted octanol–water partition coefficient (Wildman–Crippen LogP) is 2.85. The van der Waals surface area contributed by atoms with Crippen LogP contribution in [-0.2, 0) is 6.54 Å². The molecule has 0 heterocycles. The summed E-state index contributed by atoms with van der Waals surface area (Å²) in [5, 5.41) is 11.8. The van der Waals surface area contributed by atoms with Gasteiger partial charge in [-0.15, -0.1) is 0 Å². The fourth-order valence-electron chi connectivity index (χ4n) is 1.25. The number of benzene rings is 1. The Morgan fingerprint density at radius 3 is 2.88 bits per heavy atom. The quantitative estimate of drug-likeness (QED) is 0.903. The van der Waals surface area contributed by atoms with Gasteiger partial charge in [-0.1, -0.05) is 29.8 Å². The SMILES string of the molecule is CC(C)NCc1cc(Br)ccc1OCC#N. The third kappa shape index (κ3) is 4.21. The number of hydrogen-bond acceptors (Lipinski definition) is 3. The van der Waals surface area contributed by atoms with Gasteiger partial charge < -0.3 is 10.1 Å². The van der Waals surface area contributed by atoms with E-state index in [2.05, 4.69) is 35.1 Å². The Kier molecular flexibility index (Phi) is 5.30. The molecule has 0 bridgehead atoms. The number of nitriles is 1. The van der Waals surface area contributed by atoms with E-state index < -0.39 is 0 Å². The zero-order valence-corrected chi connectivity index (χ0v) is 11.0. The van der Waals surface area contributed by atoms with Gasteiger partial charge in [0.15, 0.2) is 6.61 Å². The molecule has 0 aromatic heterocycles. The van der Waals surface area contributed by atoms with Crippen molar-refractivity contribution in [1.82, 2.24) is 5.32 Å². The van der Waals surface area contributed by atoms with E-state index in [4.69, 9.17) is 10.00 Å². The molecule has 1 N–H and O–H groups in total. The van der Waals surface area contributed by atoms with E-state index in [1.165, 1.54) is 0 Å². The van der Waals surface area contributed by atoms with Gasteiger partial charge in [-0.2, -0.15) is 5.26 Å². The number of halogens is 1. The fraction of sp³-hybridized carbons (Fsp3) is 0.417. The van der Waals surface area contributed by atoms with Crippen molar-refractivity contribution in [3.05, 3.63) is 28.2 Å². The molecule has 4 heteroatoms. The second kappa shape index (κ2) is 6.51. The second-order valence-corrected chi connectivity index (χ2v) is 4.65. The Labute approximate surface area is 105 Å². The molecule has 0 radical (unpaired) electrons. The molecule has 0 unspecified atom stereocenters. The lowest BCUT2D eigenvalue weighted by Crippen LogP contribution is -2.22. The molecule has 0 aliphatic heterocycles. The van der Waals surface area contributed by atoms with Crippen LogP contribution >= 0.6 is 15.9 Å². The molecule has 1 rings (SSSR count). The van der Waals surface area contributed by atoms with E-state index in [0.29, 0.717) is 6.04 Å². The molecule has 16 heavy (non-hydrogen) atoms. The molecule has 0 aliphatic carbocycles. The van der Waals surface area contributed by atoms with Crippen LogP contribution in [0.3, 0.4) is 0 Å². The monoisotopic (exact) mass is 282 g/mol. The van der Waals surface area contributed by atoms with Gasteiger partial charge in [0.1, 0.15) is 11.8 Å². The van der Waals surface area contributed by atoms with E-state index in [1.807, 2.05) is 24.3 Å².